The molecule has 0 bridgehead atoms. The Balaban J connectivity index is 2.36. The van der Waals surface area contributed by atoms with Gasteiger partial charge in [0.15, 0.2) is 0 Å². The Morgan fingerprint density at radius 2 is 2.31 bits per heavy atom. The highest BCUT2D eigenvalue weighted by molar-refractivity contribution is 6.27. The van der Waals surface area contributed by atoms with Gasteiger partial charge in [-0.05, 0) is 6.42 Å². The predicted octanol–water partition coefficient (Wildman–Crippen LogP) is -0.0378. The van der Waals surface area contributed by atoms with Gasteiger partial charge in [0.2, 0.25) is 11.8 Å². The summed E-state index contributed by atoms with van der Waals surface area (Å²) in [6, 6.07) is 0.102. The molecule has 13 heavy (non-hydrogen) atoms. The summed E-state index contributed by atoms with van der Waals surface area (Å²) in [5.41, 5.74) is 0. The van der Waals surface area contributed by atoms with E-state index in [9.17, 15) is 9.59 Å². The first-order valence-electron chi connectivity index (χ1n) is 4.24. The molecule has 74 valence electrons. The third kappa shape index (κ3) is 2.88. The Bertz CT molecular complexity index is 220. The number of halogens is 1. The van der Waals surface area contributed by atoms with Crippen molar-refractivity contribution < 1.29 is 9.59 Å². The molecule has 1 heterocycles. The summed E-state index contributed by atoms with van der Waals surface area (Å²) < 4.78 is 0. The molecule has 1 atom stereocenters. The van der Waals surface area contributed by atoms with Crippen LogP contribution in [0.2, 0.25) is 0 Å². The highest BCUT2D eigenvalue weighted by Gasteiger charge is 2.25. The zero-order valence-electron chi connectivity index (χ0n) is 7.55. The third-order valence-electron chi connectivity index (χ3n) is 2.06. The molecule has 0 spiro atoms. The normalized spacial score (nSPS) is 21.7. The summed E-state index contributed by atoms with van der Waals surface area (Å²) in [4.78, 5) is 23.5. The molecule has 1 N–H and O–H groups in total. The molecule has 1 saturated heterocycles. The monoisotopic (exact) mass is 204 g/mol. The first kappa shape index (κ1) is 10.3. The van der Waals surface area contributed by atoms with Gasteiger partial charge >= 0.3 is 0 Å². The molecular formula is C8H13ClN2O2. The molecule has 1 rings (SSSR count). The summed E-state index contributed by atoms with van der Waals surface area (Å²) in [6.45, 7) is 2.76. The minimum atomic E-state index is -0.0606. The Hall–Kier alpha value is -0.770. The lowest BCUT2D eigenvalue weighted by Gasteiger charge is -2.14. The average Bonchev–Trinajstić information content (AvgIpc) is 2.50. The van der Waals surface area contributed by atoms with Crippen molar-refractivity contribution in [3.63, 3.8) is 0 Å². The van der Waals surface area contributed by atoms with Crippen molar-refractivity contribution in [1.82, 2.24) is 10.2 Å². The van der Waals surface area contributed by atoms with Crippen LogP contribution in [0.15, 0.2) is 0 Å². The Morgan fingerprint density at radius 3 is 2.85 bits per heavy atom. The molecule has 2 amide bonds. The van der Waals surface area contributed by atoms with E-state index in [0.717, 1.165) is 6.42 Å². The van der Waals surface area contributed by atoms with Crippen LogP contribution < -0.4 is 5.32 Å². The SMILES string of the molecule is CC(=O)N[C@@H]1CCN(C(=O)CCl)C1. The molecule has 1 aliphatic rings. The van der Waals surface area contributed by atoms with Crippen molar-refractivity contribution in [2.45, 2.75) is 19.4 Å². The molecule has 0 saturated carbocycles. The average molecular weight is 205 g/mol. The molecular weight excluding hydrogens is 192 g/mol. The summed E-state index contributed by atoms with van der Waals surface area (Å²) >= 11 is 5.41. The number of nitrogens with one attached hydrogen (secondary N) is 1. The second-order valence-corrected chi connectivity index (χ2v) is 3.43. The molecule has 5 heteroatoms. The standard InChI is InChI=1S/C8H13ClN2O2/c1-6(12)10-7-2-3-11(5-7)8(13)4-9/h7H,2-5H2,1H3,(H,10,12)/t7-/m1/s1. The molecule has 0 unspecified atom stereocenters. The maximum atomic E-state index is 11.1. The number of likely N-dealkylation sites (tertiary alicyclic amines) is 1. The molecule has 0 aromatic rings. The van der Waals surface area contributed by atoms with E-state index >= 15 is 0 Å². The summed E-state index contributed by atoms with van der Waals surface area (Å²) in [7, 11) is 0. The van der Waals surface area contributed by atoms with E-state index in [1.165, 1.54) is 6.92 Å². The molecule has 0 aliphatic carbocycles. The summed E-state index contributed by atoms with van der Waals surface area (Å²) in [6.07, 6.45) is 0.822. The van der Waals surface area contributed by atoms with Gasteiger partial charge in [-0.15, -0.1) is 11.6 Å². The van der Waals surface area contributed by atoms with Crippen molar-refractivity contribution >= 4 is 23.4 Å². The van der Waals surface area contributed by atoms with E-state index in [4.69, 9.17) is 11.6 Å². The van der Waals surface area contributed by atoms with Crippen LogP contribution in [0.5, 0.6) is 0 Å². The van der Waals surface area contributed by atoms with Gasteiger partial charge in [0.1, 0.15) is 5.88 Å². The topological polar surface area (TPSA) is 49.4 Å². The van der Waals surface area contributed by atoms with E-state index in [1.807, 2.05) is 0 Å². The quantitative estimate of drug-likeness (QED) is 0.642. The fourth-order valence-corrected chi connectivity index (χ4v) is 1.65. The zero-order valence-corrected chi connectivity index (χ0v) is 8.30. The number of carbonyl (C=O) groups excluding carboxylic acids is 2. The molecule has 0 radical (unpaired) electrons. The van der Waals surface area contributed by atoms with Gasteiger partial charge in [0, 0.05) is 26.1 Å². The second kappa shape index (κ2) is 4.46. The van der Waals surface area contributed by atoms with Crippen LogP contribution in [-0.4, -0.2) is 41.7 Å². The van der Waals surface area contributed by atoms with Crippen molar-refractivity contribution in [2.24, 2.45) is 0 Å². The molecule has 1 aliphatic heterocycles. The summed E-state index contributed by atoms with van der Waals surface area (Å²) in [5, 5.41) is 2.77. The first-order chi connectivity index (χ1) is 6.13. The highest BCUT2D eigenvalue weighted by atomic mass is 35.5. The Morgan fingerprint density at radius 1 is 1.62 bits per heavy atom. The number of rotatable bonds is 2. The number of nitrogens with zero attached hydrogens (tertiary/aromatic N) is 1. The lowest BCUT2D eigenvalue weighted by molar-refractivity contribution is -0.128. The van der Waals surface area contributed by atoms with Gasteiger partial charge in [0.05, 0.1) is 0 Å². The third-order valence-corrected chi connectivity index (χ3v) is 2.29. The highest BCUT2D eigenvalue weighted by Crippen LogP contribution is 2.09. The lowest BCUT2D eigenvalue weighted by atomic mass is 10.3. The van der Waals surface area contributed by atoms with Crippen molar-refractivity contribution in [3.8, 4) is 0 Å². The summed E-state index contributed by atoms with van der Waals surface area (Å²) in [5.74, 6) is -0.0908. The van der Waals surface area contributed by atoms with Gasteiger partial charge in [0.25, 0.3) is 0 Å². The van der Waals surface area contributed by atoms with Crippen molar-refractivity contribution in [2.75, 3.05) is 19.0 Å². The maximum absolute atomic E-state index is 11.1. The van der Waals surface area contributed by atoms with Gasteiger partial charge in [-0.2, -0.15) is 0 Å². The van der Waals surface area contributed by atoms with Crippen LogP contribution in [0.1, 0.15) is 13.3 Å². The van der Waals surface area contributed by atoms with E-state index < -0.39 is 0 Å². The van der Waals surface area contributed by atoms with Crippen LogP contribution in [0.25, 0.3) is 0 Å². The maximum Gasteiger partial charge on any atom is 0.237 e. The van der Waals surface area contributed by atoms with Crippen LogP contribution in [-0.2, 0) is 9.59 Å². The van der Waals surface area contributed by atoms with Crippen molar-refractivity contribution in [1.29, 1.82) is 0 Å². The van der Waals surface area contributed by atoms with Gasteiger partial charge in [-0.1, -0.05) is 0 Å². The van der Waals surface area contributed by atoms with Crippen molar-refractivity contribution in [3.05, 3.63) is 0 Å². The second-order valence-electron chi connectivity index (χ2n) is 3.16. The molecule has 0 aromatic heterocycles. The fraction of sp³-hybridized carbons (Fsp3) is 0.750. The van der Waals surface area contributed by atoms with Gasteiger partial charge < -0.3 is 10.2 Å². The Kier molecular flexibility index (Phi) is 3.54. The molecule has 1 fully saturated rings. The van der Waals surface area contributed by atoms with E-state index in [1.54, 1.807) is 4.90 Å². The van der Waals surface area contributed by atoms with E-state index in [-0.39, 0.29) is 23.7 Å². The molecule has 4 nitrogen and oxygen atoms in total. The number of hydrogen-bond acceptors (Lipinski definition) is 2. The van der Waals surface area contributed by atoms with E-state index in [2.05, 4.69) is 5.32 Å². The van der Waals surface area contributed by atoms with E-state index in [0.29, 0.717) is 13.1 Å². The minimum Gasteiger partial charge on any atom is -0.352 e. The van der Waals surface area contributed by atoms with Crippen LogP contribution in [0.3, 0.4) is 0 Å². The fourth-order valence-electron chi connectivity index (χ4n) is 1.48. The predicted molar refractivity (Wildman–Crippen MR) is 49.5 cm³/mol. The van der Waals surface area contributed by atoms with Crippen LogP contribution in [0.4, 0.5) is 0 Å². The number of amides is 2. The van der Waals surface area contributed by atoms with Gasteiger partial charge in [-0.3, -0.25) is 9.59 Å². The van der Waals surface area contributed by atoms with Crippen LogP contribution >= 0.6 is 11.6 Å². The number of hydrogen-bond donors (Lipinski definition) is 1. The first-order valence-corrected chi connectivity index (χ1v) is 4.77. The zero-order chi connectivity index (χ0) is 9.84. The molecule has 0 aromatic carbocycles. The van der Waals surface area contributed by atoms with Gasteiger partial charge in [-0.25, -0.2) is 0 Å². The van der Waals surface area contributed by atoms with Crippen LogP contribution in [0, 0.1) is 0 Å². The Labute approximate surface area is 82.2 Å². The smallest absolute Gasteiger partial charge is 0.237 e. The number of carbonyl (C=O) groups is 2. The lowest BCUT2D eigenvalue weighted by Crippen LogP contribution is -2.37. The minimum absolute atomic E-state index is 0.0206. The number of alkyl halides is 1. The largest absolute Gasteiger partial charge is 0.352 e.